The summed E-state index contributed by atoms with van der Waals surface area (Å²) in [5.41, 5.74) is 0.909. The molecule has 1 amide bonds. The SMILES string of the molecule is COCCCNC(=O)c1ccc(Nc2cc(Cl)ccc2OC)nn1. The molecular formula is C16H19ClN4O3. The number of amides is 1. The summed E-state index contributed by atoms with van der Waals surface area (Å²) in [5, 5.41) is 14.3. The maximum Gasteiger partial charge on any atom is 0.271 e. The van der Waals surface area contributed by atoms with E-state index < -0.39 is 0 Å². The summed E-state index contributed by atoms with van der Waals surface area (Å²) in [6.07, 6.45) is 0.740. The van der Waals surface area contributed by atoms with Crippen LogP contribution in [0.1, 0.15) is 16.9 Å². The van der Waals surface area contributed by atoms with Gasteiger partial charge in [-0.3, -0.25) is 4.79 Å². The van der Waals surface area contributed by atoms with Gasteiger partial charge >= 0.3 is 0 Å². The second-order valence-corrected chi connectivity index (χ2v) is 5.31. The molecule has 0 saturated carbocycles. The van der Waals surface area contributed by atoms with Crippen molar-refractivity contribution in [2.45, 2.75) is 6.42 Å². The Morgan fingerprint density at radius 2 is 2.04 bits per heavy atom. The third kappa shape index (κ3) is 5.07. The number of nitrogens with one attached hydrogen (secondary N) is 2. The highest BCUT2D eigenvalue weighted by Crippen LogP contribution is 2.29. The number of hydrogen-bond donors (Lipinski definition) is 2. The van der Waals surface area contributed by atoms with E-state index in [0.29, 0.717) is 35.4 Å². The summed E-state index contributed by atoms with van der Waals surface area (Å²) < 4.78 is 10.2. The van der Waals surface area contributed by atoms with Gasteiger partial charge in [0.25, 0.3) is 5.91 Å². The lowest BCUT2D eigenvalue weighted by Crippen LogP contribution is -2.26. The summed E-state index contributed by atoms with van der Waals surface area (Å²) in [4.78, 5) is 11.9. The second kappa shape index (κ2) is 9.05. The molecule has 0 aliphatic carbocycles. The molecule has 2 N–H and O–H groups in total. The van der Waals surface area contributed by atoms with Crippen molar-refractivity contribution >= 4 is 29.0 Å². The van der Waals surface area contributed by atoms with Gasteiger partial charge in [0.1, 0.15) is 5.75 Å². The summed E-state index contributed by atoms with van der Waals surface area (Å²) in [6.45, 7) is 1.12. The molecule has 1 aromatic carbocycles. The van der Waals surface area contributed by atoms with Crippen molar-refractivity contribution in [2.24, 2.45) is 0 Å². The summed E-state index contributed by atoms with van der Waals surface area (Å²) >= 11 is 5.98. The van der Waals surface area contributed by atoms with Gasteiger partial charge in [0.05, 0.1) is 12.8 Å². The fraction of sp³-hybridized carbons (Fsp3) is 0.312. The lowest BCUT2D eigenvalue weighted by Gasteiger charge is -2.10. The van der Waals surface area contributed by atoms with Crippen LogP contribution in [-0.2, 0) is 4.74 Å². The molecular weight excluding hydrogens is 332 g/mol. The summed E-state index contributed by atoms with van der Waals surface area (Å²) in [5.74, 6) is 0.832. The van der Waals surface area contributed by atoms with Gasteiger partial charge in [-0.2, -0.15) is 0 Å². The molecule has 2 aromatic rings. The maximum atomic E-state index is 11.9. The number of rotatable bonds is 8. The lowest BCUT2D eigenvalue weighted by atomic mass is 10.3. The van der Waals surface area contributed by atoms with Crippen LogP contribution < -0.4 is 15.4 Å². The highest BCUT2D eigenvalue weighted by atomic mass is 35.5. The van der Waals surface area contributed by atoms with Gasteiger partial charge in [0.15, 0.2) is 11.5 Å². The average Bonchev–Trinajstić information content (AvgIpc) is 2.59. The van der Waals surface area contributed by atoms with Crippen molar-refractivity contribution < 1.29 is 14.3 Å². The third-order valence-electron chi connectivity index (χ3n) is 3.13. The Labute approximate surface area is 145 Å². The normalized spacial score (nSPS) is 10.3. The molecule has 0 spiro atoms. The molecule has 0 unspecified atom stereocenters. The highest BCUT2D eigenvalue weighted by molar-refractivity contribution is 6.31. The van der Waals surface area contributed by atoms with E-state index >= 15 is 0 Å². The minimum Gasteiger partial charge on any atom is -0.495 e. The number of ether oxygens (including phenoxy) is 2. The fourth-order valence-corrected chi connectivity index (χ4v) is 2.12. The van der Waals surface area contributed by atoms with Gasteiger partial charge < -0.3 is 20.1 Å². The molecule has 24 heavy (non-hydrogen) atoms. The zero-order valence-corrected chi connectivity index (χ0v) is 14.3. The monoisotopic (exact) mass is 350 g/mol. The van der Waals surface area contributed by atoms with E-state index in [-0.39, 0.29) is 11.6 Å². The molecule has 0 radical (unpaired) electrons. The molecule has 0 fully saturated rings. The largest absolute Gasteiger partial charge is 0.495 e. The molecule has 1 heterocycles. The number of hydrogen-bond acceptors (Lipinski definition) is 6. The Morgan fingerprint density at radius 3 is 2.71 bits per heavy atom. The molecule has 0 aliphatic rings. The van der Waals surface area contributed by atoms with Crippen LogP contribution in [0.3, 0.4) is 0 Å². The molecule has 0 saturated heterocycles. The summed E-state index contributed by atoms with van der Waals surface area (Å²) in [7, 11) is 3.19. The first-order valence-corrected chi connectivity index (χ1v) is 7.73. The van der Waals surface area contributed by atoms with Crippen LogP contribution in [0, 0.1) is 0 Å². The standard InChI is InChI=1S/C16H19ClN4O3/c1-23-9-3-8-18-16(22)12-5-7-15(21-20-12)19-13-10-11(17)4-6-14(13)24-2/h4-7,10H,3,8-9H2,1-2H3,(H,18,22)(H,19,21). The van der Waals surface area contributed by atoms with E-state index in [1.807, 2.05) is 0 Å². The van der Waals surface area contributed by atoms with Crippen molar-refractivity contribution in [3.05, 3.63) is 41.0 Å². The van der Waals surface area contributed by atoms with Gasteiger partial charge in [0, 0.05) is 25.3 Å². The molecule has 0 aliphatic heterocycles. The number of carbonyl (C=O) groups is 1. The Hall–Kier alpha value is -2.38. The van der Waals surface area contributed by atoms with E-state index in [4.69, 9.17) is 21.1 Å². The van der Waals surface area contributed by atoms with Crippen molar-refractivity contribution in [1.29, 1.82) is 0 Å². The number of aromatic nitrogens is 2. The third-order valence-corrected chi connectivity index (χ3v) is 3.37. The Balaban J connectivity index is 1.99. The van der Waals surface area contributed by atoms with E-state index in [1.54, 1.807) is 44.6 Å². The number of methoxy groups -OCH3 is 2. The first-order chi connectivity index (χ1) is 11.6. The van der Waals surface area contributed by atoms with Gasteiger partial charge in [-0.25, -0.2) is 0 Å². The minimum absolute atomic E-state index is 0.246. The Kier molecular flexibility index (Phi) is 6.77. The van der Waals surface area contributed by atoms with Gasteiger partial charge in [0.2, 0.25) is 0 Å². The predicted molar refractivity (Wildman–Crippen MR) is 92.1 cm³/mol. The smallest absolute Gasteiger partial charge is 0.271 e. The second-order valence-electron chi connectivity index (χ2n) is 4.88. The number of nitrogens with zero attached hydrogens (tertiary/aromatic N) is 2. The first kappa shape index (κ1) is 18.0. The average molecular weight is 351 g/mol. The van der Waals surface area contributed by atoms with Gasteiger partial charge in [-0.05, 0) is 36.8 Å². The highest BCUT2D eigenvalue weighted by Gasteiger charge is 2.09. The molecule has 8 heteroatoms. The van der Waals surface area contributed by atoms with E-state index in [2.05, 4.69) is 20.8 Å². The van der Waals surface area contributed by atoms with Crippen molar-refractivity contribution in [2.75, 3.05) is 32.7 Å². The molecule has 1 aromatic heterocycles. The van der Waals surface area contributed by atoms with Crippen LogP contribution in [0.15, 0.2) is 30.3 Å². The van der Waals surface area contributed by atoms with Crippen LogP contribution in [0.25, 0.3) is 0 Å². The zero-order valence-electron chi connectivity index (χ0n) is 13.5. The number of benzene rings is 1. The fourth-order valence-electron chi connectivity index (χ4n) is 1.94. The predicted octanol–water partition coefficient (Wildman–Crippen LogP) is 2.65. The maximum absolute atomic E-state index is 11.9. The summed E-state index contributed by atoms with van der Waals surface area (Å²) in [6, 6.07) is 8.46. The Bertz CT molecular complexity index is 680. The van der Waals surface area contributed by atoms with E-state index in [0.717, 1.165) is 6.42 Å². The molecule has 0 bridgehead atoms. The molecule has 0 atom stereocenters. The molecule has 128 valence electrons. The lowest BCUT2D eigenvalue weighted by molar-refractivity contribution is 0.0942. The van der Waals surface area contributed by atoms with Crippen molar-refractivity contribution in [3.63, 3.8) is 0 Å². The topological polar surface area (TPSA) is 85.4 Å². The molecule has 7 nitrogen and oxygen atoms in total. The van der Waals surface area contributed by atoms with Crippen LogP contribution in [0.5, 0.6) is 5.75 Å². The van der Waals surface area contributed by atoms with Gasteiger partial charge in [-0.15, -0.1) is 10.2 Å². The first-order valence-electron chi connectivity index (χ1n) is 7.35. The number of anilines is 2. The van der Waals surface area contributed by atoms with Crippen LogP contribution in [-0.4, -0.2) is 43.5 Å². The van der Waals surface area contributed by atoms with E-state index in [9.17, 15) is 4.79 Å². The van der Waals surface area contributed by atoms with Crippen LogP contribution in [0.4, 0.5) is 11.5 Å². The van der Waals surface area contributed by atoms with E-state index in [1.165, 1.54) is 0 Å². The van der Waals surface area contributed by atoms with Gasteiger partial charge in [-0.1, -0.05) is 11.6 Å². The Morgan fingerprint density at radius 1 is 1.21 bits per heavy atom. The van der Waals surface area contributed by atoms with Crippen molar-refractivity contribution in [1.82, 2.24) is 15.5 Å². The van der Waals surface area contributed by atoms with Crippen LogP contribution in [0.2, 0.25) is 5.02 Å². The van der Waals surface area contributed by atoms with Crippen LogP contribution >= 0.6 is 11.6 Å². The molecule has 2 rings (SSSR count). The number of carbonyl (C=O) groups excluding carboxylic acids is 1. The minimum atomic E-state index is -0.273. The zero-order chi connectivity index (χ0) is 17.4. The number of halogens is 1. The quantitative estimate of drug-likeness (QED) is 0.712. The van der Waals surface area contributed by atoms with Crippen molar-refractivity contribution in [3.8, 4) is 5.75 Å².